The van der Waals surface area contributed by atoms with Crippen molar-refractivity contribution in [2.45, 2.75) is 137 Å². The second-order valence-electron chi connectivity index (χ2n) is 14.3. The lowest BCUT2D eigenvalue weighted by atomic mass is 9.83. The van der Waals surface area contributed by atoms with Crippen molar-refractivity contribution in [3.8, 4) is 0 Å². The van der Waals surface area contributed by atoms with Gasteiger partial charge in [-0.1, -0.05) is 67.4 Å². The lowest BCUT2D eigenvalue weighted by Crippen LogP contribution is -2.50. The predicted octanol–water partition coefficient (Wildman–Crippen LogP) is 7.61. The molecule has 188 valence electrons. The first-order valence-electron chi connectivity index (χ1n) is 12.2. The molecule has 1 saturated heterocycles. The monoisotopic (exact) mass is 484 g/mol. The molecule has 0 radical (unpaired) electrons. The molecule has 0 amide bonds. The molecule has 0 aromatic carbocycles. The number of hydrogen-bond donors (Lipinski definition) is 0. The van der Waals surface area contributed by atoms with Gasteiger partial charge in [0.1, 0.15) is 0 Å². The normalized spacial score (nSPS) is 21.4. The van der Waals surface area contributed by atoms with Crippen LogP contribution in [-0.2, 0) is 18.2 Å². The van der Waals surface area contributed by atoms with Crippen LogP contribution >= 0.6 is 0 Å². The first kappa shape index (κ1) is 30.1. The minimum absolute atomic E-state index is 0.0906. The molecule has 0 N–H and O–H groups in total. The van der Waals surface area contributed by atoms with E-state index < -0.39 is 16.6 Å². The van der Waals surface area contributed by atoms with E-state index >= 15 is 0 Å². The van der Waals surface area contributed by atoms with Crippen molar-refractivity contribution in [3.63, 3.8) is 0 Å². The highest BCUT2D eigenvalue weighted by Gasteiger charge is 2.50. The van der Waals surface area contributed by atoms with E-state index in [2.05, 4.69) is 115 Å². The van der Waals surface area contributed by atoms with E-state index in [-0.39, 0.29) is 39.9 Å². The average molecular weight is 485 g/mol. The summed E-state index contributed by atoms with van der Waals surface area (Å²) in [7, 11) is -4.23. The summed E-state index contributed by atoms with van der Waals surface area (Å²) in [5.74, 6) is 2.04. The zero-order chi connectivity index (χ0) is 25.6. The van der Waals surface area contributed by atoms with E-state index in [1.807, 2.05) is 5.98 Å². The maximum atomic E-state index is 6.96. The lowest BCUT2D eigenvalue weighted by molar-refractivity contribution is 0.00578. The van der Waals surface area contributed by atoms with Crippen LogP contribution in [-0.4, -0.2) is 47.7 Å². The Labute approximate surface area is 202 Å². The highest BCUT2D eigenvalue weighted by molar-refractivity contribution is 6.74. The van der Waals surface area contributed by atoms with Gasteiger partial charge in [0, 0.05) is 12.0 Å². The van der Waals surface area contributed by atoms with Gasteiger partial charge in [-0.3, -0.25) is 0 Å². The summed E-state index contributed by atoms with van der Waals surface area (Å²) in [6.45, 7) is 36.5. The van der Waals surface area contributed by atoms with Crippen LogP contribution < -0.4 is 0 Å². The first-order chi connectivity index (χ1) is 13.8. The fraction of sp³-hybridized carbons (Fsp3) is 0.920. The van der Waals surface area contributed by atoms with E-state index in [0.717, 1.165) is 0 Å². The van der Waals surface area contributed by atoms with E-state index in [0.29, 0.717) is 6.61 Å². The fourth-order valence-electron chi connectivity index (χ4n) is 2.78. The molecule has 1 atom stereocenters. The van der Waals surface area contributed by atoms with Crippen LogP contribution in [0.5, 0.6) is 0 Å². The van der Waals surface area contributed by atoms with Crippen LogP contribution in [0.25, 0.3) is 0 Å². The van der Waals surface area contributed by atoms with Crippen LogP contribution in [0.4, 0.5) is 0 Å². The summed E-state index contributed by atoms with van der Waals surface area (Å²) in [4.78, 5) is 0. The van der Waals surface area contributed by atoms with Crippen molar-refractivity contribution in [1.82, 2.24) is 0 Å². The molecule has 1 aliphatic heterocycles. The molecule has 0 aromatic heterocycles. The molecule has 32 heavy (non-hydrogen) atoms. The van der Waals surface area contributed by atoms with Gasteiger partial charge < -0.3 is 18.2 Å². The highest BCUT2D eigenvalue weighted by atomic mass is 28.4. The summed E-state index contributed by atoms with van der Waals surface area (Å²) in [5.41, 5.74) is -0.886. The molecule has 0 bridgehead atoms. The van der Waals surface area contributed by atoms with E-state index in [1.54, 1.807) is 0 Å². The Morgan fingerprint density at radius 3 is 1.56 bits per heavy atom. The quantitative estimate of drug-likeness (QED) is 0.332. The topological polar surface area (TPSA) is 36.9 Å². The van der Waals surface area contributed by atoms with Gasteiger partial charge in [-0.25, -0.2) is 0 Å². The Hall–Kier alpha value is 0.0787. The second kappa shape index (κ2) is 9.27. The van der Waals surface area contributed by atoms with Gasteiger partial charge >= 0.3 is 7.12 Å². The molecule has 7 heteroatoms. The van der Waals surface area contributed by atoms with E-state index in [9.17, 15) is 0 Å². The molecule has 0 aliphatic carbocycles. The average Bonchev–Trinajstić information content (AvgIpc) is 2.74. The third-order valence-electron chi connectivity index (χ3n) is 8.32. The molecule has 4 nitrogen and oxygen atoms in total. The third kappa shape index (κ3) is 7.05. The van der Waals surface area contributed by atoms with Crippen LogP contribution in [0, 0.1) is 5.41 Å². The SMILES string of the molecule is CC(C)(CO[Si](C)(C)C(C)(C)C)C(/C=C/B1OC(C)(C)C(C)(C)O1)O[Si](C)(C)C(C)(C)C. The van der Waals surface area contributed by atoms with Crippen LogP contribution in [0.15, 0.2) is 12.1 Å². The Bertz CT molecular complexity index is 654. The number of hydrogen-bond acceptors (Lipinski definition) is 4. The van der Waals surface area contributed by atoms with Crippen molar-refractivity contribution in [2.75, 3.05) is 6.61 Å². The van der Waals surface area contributed by atoms with Crippen molar-refractivity contribution in [3.05, 3.63) is 12.1 Å². The summed E-state index contributed by atoms with van der Waals surface area (Å²) < 4.78 is 26.0. The molecule has 0 spiro atoms. The third-order valence-corrected chi connectivity index (χ3v) is 17.3. The van der Waals surface area contributed by atoms with Crippen molar-refractivity contribution in [1.29, 1.82) is 0 Å². The smallest absolute Gasteiger partial charge is 0.416 e. The predicted molar refractivity (Wildman–Crippen MR) is 144 cm³/mol. The molecule has 1 unspecified atom stereocenters. The summed E-state index contributed by atoms with van der Waals surface area (Å²) in [5, 5.41) is 0.303. The van der Waals surface area contributed by atoms with Crippen molar-refractivity contribution in [2.24, 2.45) is 5.41 Å². The summed E-state index contributed by atoms with van der Waals surface area (Å²) in [6.07, 6.45) is 2.07. The molecular formula is C25H53BO4Si2. The van der Waals surface area contributed by atoms with Crippen LogP contribution in [0.2, 0.25) is 36.3 Å². The molecule has 0 saturated carbocycles. The maximum absolute atomic E-state index is 6.96. The minimum atomic E-state index is -2.00. The molecule has 1 aliphatic rings. The molecule has 1 fully saturated rings. The Morgan fingerprint density at radius 1 is 0.781 bits per heavy atom. The molecular weight excluding hydrogens is 431 g/mol. The molecule has 0 aromatic rings. The van der Waals surface area contributed by atoms with Crippen LogP contribution in [0.3, 0.4) is 0 Å². The Kier molecular flexibility index (Phi) is 8.72. The van der Waals surface area contributed by atoms with Gasteiger partial charge in [0.2, 0.25) is 0 Å². The van der Waals surface area contributed by atoms with Gasteiger partial charge in [0.05, 0.1) is 17.3 Å². The van der Waals surface area contributed by atoms with E-state index in [4.69, 9.17) is 18.2 Å². The van der Waals surface area contributed by atoms with Gasteiger partial charge in [-0.05, 0) is 64.0 Å². The standard InChI is InChI=1S/C25H53BO4Si2/c1-21(2,3)31(13,14)27-19-23(7,8)20(28-32(15,16)22(4,5)6)17-18-26-29-24(9,10)25(11,12)30-26/h17-18,20H,19H2,1-16H3/b18-17+. The minimum Gasteiger partial charge on any atom is -0.416 e. The fourth-order valence-corrected chi connectivity index (χ4v) is 5.33. The lowest BCUT2D eigenvalue weighted by Gasteiger charge is -2.45. The molecule has 1 rings (SSSR count). The van der Waals surface area contributed by atoms with Gasteiger partial charge in [0.25, 0.3) is 0 Å². The van der Waals surface area contributed by atoms with Gasteiger partial charge in [-0.15, -0.1) is 0 Å². The Balaban J connectivity index is 3.18. The zero-order valence-electron chi connectivity index (χ0n) is 24.1. The van der Waals surface area contributed by atoms with Gasteiger partial charge in [0.15, 0.2) is 16.6 Å². The highest BCUT2D eigenvalue weighted by Crippen LogP contribution is 2.42. The largest absolute Gasteiger partial charge is 0.486 e. The van der Waals surface area contributed by atoms with Crippen LogP contribution in [0.1, 0.15) is 83.1 Å². The summed E-state index contributed by atoms with van der Waals surface area (Å²) in [6, 6.07) is 0. The van der Waals surface area contributed by atoms with Crippen molar-refractivity contribution >= 4 is 23.8 Å². The Morgan fingerprint density at radius 2 is 1.19 bits per heavy atom. The zero-order valence-corrected chi connectivity index (χ0v) is 26.1. The molecule has 1 heterocycles. The van der Waals surface area contributed by atoms with Crippen molar-refractivity contribution < 1.29 is 18.2 Å². The second-order valence-corrected chi connectivity index (χ2v) is 23.9. The van der Waals surface area contributed by atoms with E-state index in [1.165, 1.54) is 0 Å². The first-order valence-corrected chi connectivity index (χ1v) is 18.0. The number of rotatable bonds is 8. The maximum Gasteiger partial charge on any atom is 0.486 e. The van der Waals surface area contributed by atoms with Gasteiger partial charge in [-0.2, -0.15) is 0 Å². The summed E-state index contributed by atoms with van der Waals surface area (Å²) >= 11 is 0.